The molecule has 9 aromatic rings. The number of benzene rings is 6. The molecule has 6 aromatic carbocycles. The van der Waals surface area contributed by atoms with E-state index >= 15 is 0 Å². The molecule has 0 amide bonds. The van der Waals surface area contributed by atoms with Crippen LogP contribution in [0.2, 0.25) is 0 Å². The van der Waals surface area contributed by atoms with Crippen molar-refractivity contribution >= 4 is 75.1 Å². The Morgan fingerprint density at radius 1 is 0.488 bits per heavy atom. The summed E-state index contributed by atoms with van der Waals surface area (Å²) in [5.74, 6) is 0. The minimum absolute atomic E-state index is 0.692. The van der Waals surface area contributed by atoms with Crippen molar-refractivity contribution in [2.75, 3.05) is 0 Å². The molecule has 41 heavy (non-hydrogen) atoms. The SMILES string of the molecule is N#Cc1ccc2sc3c(-n4c5ccccc5c5cc(-n6c7ccccc7c7ccccc76)ccc54)cccc3c2c1. The summed E-state index contributed by atoms with van der Waals surface area (Å²) >= 11 is 1.79. The number of hydrogen-bond donors (Lipinski definition) is 0. The summed E-state index contributed by atoms with van der Waals surface area (Å²) in [6, 6.07) is 47.7. The van der Waals surface area contributed by atoms with Crippen molar-refractivity contribution < 1.29 is 0 Å². The quantitative estimate of drug-likeness (QED) is 0.215. The zero-order chi connectivity index (χ0) is 27.1. The van der Waals surface area contributed by atoms with E-state index in [2.05, 4.69) is 130 Å². The Labute approximate surface area is 239 Å². The summed E-state index contributed by atoms with van der Waals surface area (Å²) < 4.78 is 7.21. The molecule has 0 spiro atoms. The van der Waals surface area contributed by atoms with Gasteiger partial charge >= 0.3 is 0 Å². The van der Waals surface area contributed by atoms with Crippen molar-refractivity contribution in [3.63, 3.8) is 0 Å². The summed E-state index contributed by atoms with van der Waals surface area (Å²) in [6.45, 7) is 0. The van der Waals surface area contributed by atoms with Crippen LogP contribution in [0.5, 0.6) is 0 Å². The fourth-order valence-electron chi connectivity index (χ4n) is 6.59. The fourth-order valence-corrected chi connectivity index (χ4v) is 7.78. The van der Waals surface area contributed by atoms with E-state index in [-0.39, 0.29) is 0 Å². The third kappa shape index (κ3) is 3.07. The summed E-state index contributed by atoms with van der Waals surface area (Å²) in [5.41, 5.74) is 7.80. The molecule has 0 radical (unpaired) electrons. The highest BCUT2D eigenvalue weighted by atomic mass is 32.1. The molecule has 0 atom stereocenters. The first kappa shape index (κ1) is 22.4. The largest absolute Gasteiger partial charge is 0.309 e. The highest BCUT2D eigenvalue weighted by Crippen LogP contribution is 2.42. The van der Waals surface area contributed by atoms with E-state index in [0.717, 1.165) is 16.8 Å². The van der Waals surface area contributed by atoms with Gasteiger partial charge in [0.2, 0.25) is 0 Å². The monoisotopic (exact) mass is 539 g/mol. The second kappa shape index (κ2) is 8.32. The van der Waals surface area contributed by atoms with Gasteiger partial charge in [-0.2, -0.15) is 5.26 Å². The number of aromatic nitrogens is 2. The molecule has 0 fully saturated rings. The summed E-state index contributed by atoms with van der Waals surface area (Å²) in [7, 11) is 0. The van der Waals surface area contributed by atoms with Crippen molar-refractivity contribution in [1.82, 2.24) is 9.13 Å². The van der Waals surface area contributed by atoms with Crippen LogP contribution in [0.4, 0.5) is 0 Å². The lowest BCUT2D eigenvalue weighted by Crippen LogP contribution is -1.96. The molecule has 190 valence electrons. The molecule has 0 aliphatic carbocycles. The molecule has 4 heteroatoms. The maximum atomic E-state index is 9.50. The summed E-state index contributed by atoms with van der Waals surface area (Å²) in [4.78, 5) is 0. The van der Waals surface area contributed by atoms with Crippen LogP contribution in [0, 0.1) is 11.3 Å². The van der Waals surface area contributed by atoms with Gasteiger partial charge in [0.15, 0.2) is 0 Å². The lowest BCUT2D eigenvalue weighted by atomic mass is 10.1. The molecule has 0 bridgehead atoms. The molecular weight excluding hydrogens is 518 g/mol. The normalized spacial score (nSPS) is 11.9. The van der Waals surface area contributed by atoms with E-state index < -0.39 is 0 Å². The lowest BCUT2D eigenvalue weighted by Gasteiger charge is -2.11. The van der Waals surface area contributed by atoms with Gasteiger partial charge in [-0.05, 0) is 60.7 Å². The highest BCUT2D eigenvalue weighted by Gasteiger charge is 2.18. The van der Waals surface area contributed by atoms with Crippen molar-refractivity contribution in [2.45, 2.75) is 0 Å². The standard InChI is InChI=1S/C37H21N3S/c38-22-23-16-19-36-30(20-23)28-11-7-15-35(37(28)41-36)40-33-14-6-3-10-27(33)29-21-24(17-18-34(29)40)39-31-12-4-1-8-25(31)26-9-2-5-13-32(26)39/h1-21H. The molecule has 0 unspecified atom stereocenters. The molecule has 0 aliphatic heterocycles. The third-order valence-corrected chi connectivity index (χ3v) is 9.55. The van der Waals surface area contributed by atoms with Gasteiger partial charge in [-0.25, -0.2) is 0 Å². The maximum Gasteiger partial charge on any atom is 0.0991 e. The van der Waals surface area contributed by atoms with Gasteiger partial charge in [-0.1, -0.05) is 66.7 Å². The van der Waals surface area contributed by atoms with E-state index in [1.807, 2.05) is 12.1 Å². The van der Waals surface area contributed by atoms with Crippen LogP contribution in [0.1, 0.15) is 5.56 Å². The average Bonchev–Trinajstić information content (AvgIpc) is 3.68. The number of rotatable bonds is 2. The van der Waals surface area contributed by atoms with Gasteiger partial charge in [0, 0.05) is 42.7 Å². The molecule has 0 N–H and O–H groups in total. The first-order chi connectivity index (χ1) is 20.3. The van der Waals surface area contributed by atoms with E-state index in [1.165, 1.54) is 58.4 Å². The first-order valence-electron chi connectivity index (χ1n) is 13.7. The van der Waals surface area contributed by atoms with Crippen LogP contribution in [-0.2, 0) is 0 Å². The van der Waals surface area contributed by atoms with Crippen LogP contribution >= 0.6 is 11.3 Å². The molecule has 0 saturated heterocycles. The first-order valence-corrected chi connectivity index (χ1v) is 14.5. The van der Waals surface area contributed by atoms with Crippen LogP contribution in [0.3, 0.4) is 0 Å². The summed E-state index contributed by atoms with van der Waals surface area (Å²) in [5, 5.41) is 16.8. The van der Waals surface area contributed by atoms with E-state index in [4.69, 9.17) is 0 Å². The van der Waals surface area contributed by atoms with Crippen LogP contribution in [0.15, 0.2) is 127 Å². The van der Waals surface area contributed by atoms with Gasteiger partial charge in [-0.15, -0.1) is 11.3 Å². The van der Waals surface area contributed by atoms with Gasteiger partial charge in [0.05, 0.1) is 44.1 Å². The number of nitriles is 1. The number of para-hydroxylation sites is 3. The zero-order valence-electron chi connectivity index (χ0n) is 21.9. The van der Waals surface area contributed by atoms with Crippen molar-refractivity contribution in [3.05, 3.63) is 133 Å². The Bertz CT molecular complexity index is 2500. The van der Waals surface area contributed by atoms with E-state index in [0.29, 0.717) is 5.56 Å². The summed E-state index contributed by atoms with van der Waals surface area (Å²) in [6.07, 6.45) is 0. The number of fused-ring (bicyclic) bond motifs is 9. The minimum Gasteiger partial charge on any atom is -0.309 e. The predicted molar refractivity (Wildman–Crippen MR) is 173 cm³/mol. The molecule has 9 rings (SSSR count). The lowest BCUT2D eigenvalue weighted by molar-refractivity contribution is 1.17. The number of thiophene rings is 1. The van der Waals surface area contributed by atoms with Crippen LogP contribution < -0.4 is 0 Å². The van der Waals surface area contributed by atoms with E-state index in [9.17, 15) is 5.26 Å². The molecule has 3 heterocycles. The minimum atomic E-state index is 0.692. The Morgan fingerprint density at radius 2 is 1.10 bits per heavy atom. The molecule has 3 nitrogen and oxygen atoms in total. The Morgan fingerprint density at radius 3 is 1.80 bits per heavy atom. The second-order valence-electron chi connectivity index (χ2n) is 10.5. The number of nitrogens with zero attached hydrogens (tertiary/aromatic N) is 3. The topological polar surface area (TPSA) is 33.6 Å². The third-order valence-electron chi connectivity index (χ3n) is 8.34. The maximum absolute atomic E-state index is 9.50. The van der Waals surface area contributed by atoms with Gasteiger partial charge < -0.3 is 9.13 Å². The highest BCUT2D eigenvalue weighted by molar-refractivity contribution is 7.26. The van der Waals surface area contributed by atoms with Crippen molar-refractivity contribution in [2.24, 2.45) is 0 Å². The van der Waals surface area contributed by atoms with Crippen molar-refractivity contribution in [1.29, 1.82) is 5.26 Å². The zero-order valence-corrected chi connectivity index (χ0v) is 22.7. The van der Waals surface area contributed by atoms with Crippen LogP contribution in [-0.4, -0.2) is 9.13 Å². The Balaban J connectivity index is 1.36. The van der Waals surface area contributed by atoms with E-state index in [1.54, 1.807) is 11.3 Å². The predicted octanol–water partition coefficient (Wildman–Crippen LogP) is 10.1. The smallest absolute Gasteiger partial charge is 0.0991 e. The second-order valence-corrected chi connectivity index (χ2v) is 11.6. The van der Waals surface area contributed by atoms with Gasteiger partial charge in [0.1, 0.15) is 0 Å². The average molecular weight is 540 g/mol. The fraction of sp³-hybridized carbons (Fsp3) is 0. The Hall–Kier alpha value is -5.37. The van der Waals surface area contributed by atoms with Crippen molar-refractivity contribution in [3.8, 4) is 17.4 Å². The number of hydrogen-bond acceptors (Lipinski definition) is 2. The molecule has 0 aliphatic rings. The Kier molecular flexibility index (Phi) is 4.55. The molecule has 3 aromatic heterocycles. The van der Waals surface area contributed by atoms with Gasteiger partial charge in [0.25, 0.3) is 0 Å². The molecular formula is C37H21N3S. The van der Waals surface area contributed by atoms with Gasteiger partial charge in [-0.3, -0.25) is 0 Å². The van der Waals surface area contributed by atoms with Crippen LogP contribution in [0.25, 0.3) is 75.2 Å². The molecule has 0 saturated carbocycles.